The number of ether oxygens (including phenoxy) is 1. The minimum atomic E-state index is -0.602. The first-order valence-electron chi connectivity index (χ1n) is 9.00. The van der Waals surface area contributed by atoms with Gasteiger partial charge in [-0.3, -0.25) is 4.79 Å². The van der Waals surface area contributed by atoms with Crippen LogP contribution in [0.2, 0.25) is 0 Å². The van der Waals surface area contributed by atoms with Crippen LogP contribution in [0.4, 0.5) is 0 Å². The van der Waals surface area contributed by atoms with Crippen molar-refractivity contribution in [1.29, 1.82) is 0 Å². The average Bonchev–Trinajstić information content (AvgIpc) is 3.27. The molecule has 0 radical (unpaired) electrons. The molecule has 2 atom stereocenters. The zero-order valence-corrected chi connectivity index (χ0v) is 16.3. The SMILES string of the molecule is COC(=O)[C@@H]1CSC2C(c3ccccc3)=C3C(CC(C)C)=NN=C3C(=O)N21. The summed E-state index contributed by atoms with van der Waals surface area (Å²) in [6.45, 7) is 4.25. The van der Waals surface area contributed by atoms with Crippen LogP contribution in [0.3, 0.4) is 0 Å². The molecular weight excluding hydrogens is 362 g/mol. The second-order valence-electron chi connectivity index (χ2n) is 7.19. The number of hydrogen-bond acceptors (Lipinski definition) is 6. The van der Waals surface area contributed by atoms with Crippen molar-refractivity contribution < 1.29 is 14.3 Å². The van der Waals surface area contributed by atoms with Crippen LogP contribution >= 0.6 is 11.8 Å². The Morgan fingerprint density at radius 2 is 2.04 bits per heavy atom. The third-order valence-electron chi connectivity index (χ3n) is 4.91. The Labute approximate surface area is 162 Å². The van der Waals surface area contributed by atoms with Crippen LogP contribution in [0.1, 0.15) is 25.8 Å². The normalized spacial score (nSPS) is 24.0. The predicted molar refractivity (Wildman–Crippen MR) is 107 cm³/mol. The molecule has 0 spiro atoms. The Hall–Kier alpha value is -2.41. The highest BCUT2D eigenvalue weighted by Gasteiger charge is 2.51. The van der Waals surface area contributed by atoms with E-state index in [2.05, 4.69) is 24.1 Å². The zero-order valence-electron chi connectivity index (χ0n) is 15.5. The maximum Gasteiger partial charge on any atom is 0.329 e. The van der Waals surface area contributed by atoms with E-state index >= 15 is 0 Å². The molecule has 0 N–H and O–H groups in total. The zero-order chi connectivity index (χ0) is 19.1. The molecule has 1 amide bonds. The third kappa shape index (κ3) is 2.90. The lowest BCUT2D eigenvalue weighted by molar-refractivity contribution is -0.149. The molecule has 0 aromatic heterocycles. The number of carbonyl (C=O) groups is 2. The van der Waals surface area contributed by atoms with Gasteiger partial charge in [0.05, 0.1) is 12.8 Å². The van der Waals surface area contributed by atoms with Gasteiger partial charge in [0.25, 0.3) is 5.91 Å². The highest BCUT2D eigenvalue weighted by molar-refractivity contribution is 8.00. The lowest BCUT2D eigenvalue weighted by atomic mass is 9.86. The first-order chi connectivity index (χ1) is 13.0. The van der Waals surface area contributed by atoms with Gasteiger partial charge in [-0.15, -0.1) is 16.9 Å². The molecule has 4 rings (SSSR count). The molecule has 3 aliphatic heterocycles. The van der Waals surface area contributed by atoms with Crippen molar-refractivity contribution in [3.8, 4) is 0 Å². The molecule has 3 aliphatic rings. The molecule has 1 unspecified atom stereocenters. The maximum atomic E-state index is 13.2. The average molecular weight is 383 g/mol. The van der Waals surface area contributed by atoms with E-state index in [1.807, 2.05) is 30.3 Å². The molecule has 3 heterocycles. The van der Waals surface area contributed by atoms with Gasteiger partial charge in [0.2, 0.25) is 0 Å². The fourth-order valence-electron chi connectivity index (χ4n) is 3.75. The van der Waals surface area contributed by atoms with Crippen LogP contribution in [0, 0.1) is 5.92 Å². The number of methoxy groups -OCH3 is 1. The predicted octanol–water partition coefficient (Wildman–Crippen LogP) is 2.75. The molecule has 1 aromatic rings. The highest BCUT2D eigenvalue weighted by atomic mass is 32.2. The number of thioether (sulfide) groups is 1. The molecule has 0 aliphatic carbocycles. The van der Waals surface area contributed by atoms with E-state index in [-0.39, 0.29) is 11.3 Å². The summed E-state index contributed by atoms with van der Waals surface area (Å²) in [5, 5.41) is 8.32. The van der Waals surface area contributed by atoms with Gasteiger partial charge in [0.1, 0.15) is 11.4 Å². The van der Waals surface area contributed by atoms with Crippen LogP contribution < -0.4 is 0 Å². The standard InChI is InChI=1S/C20H21N3O3S/c1-11(2)9-13-16-15(12-7-5-4-6-8-12)19-23(18(24)17(16)22-21-13)14(10-27-19)20(25)26-3/h4-8,11,14,19H,9-10H2,1-3H3/t14-,19?/m0/s1. The summed E-state index contributed by atoms with van der Waals surface area (Å²) in [7, 11) is 1.35. The molecule has 27 heavy (non-hydrogen) atoms. The van der Waals surface area contributed by atoms with Crippen LogP contribution in [-0.4, -0.2) is 52.5 Å². The summed E-state index contributed by atoms with van der Waals surface area (Å²) >= 11 is 1.59. The number of benzene rings is 1. The maximum absolute atomic E-state index is 13.2. The summed E-state index contributed by atoms with van der Waals surface area (Å²) in [5.41, 5.74) is 4.09. The number of fused-ring (bicyclic) bond motifs is 2. The smallest absolute Gasteiger partial charge is 0.329 e. The lowest BCUT2D eigenvalue weighted by Crippen LogP contribution is -2.52. The number of hydrogen-bond donors (Lipinski definition) is 0. The van der Waals surface area contributed by atoms with Gasteiger partial charge in [-0.1, -0.05) is 44.2 Å². The van der Waals surface area contributed by atoms with Crippen molar-refractivity contribution >= 4 is 40.6 Å². The number of esters is 1. The molecule has 1 aromatic carbocycles. The van der Waals surface area contributed by atoms with Crippen molar-refractivity contribution in [3.63, 3.8) is 0 Å². The summed E-state index contributed by atoms with van der Waals surface area (Å²) in [6, 6.07) is 9.38. The van der Waals surface area contributed by atoms with Crippen LogP contribution in [0.5, 0.6) is 0 Å². The summed E-state index contributed by atoms with van der Waals surface area (Å²) < 4.78 is 4.93. The molecule has 140 valence electrons. The first-order valence-corrected chi connectivity index (χ1v) is 10.0. The molecule has 0 bridgehead atoms. The first kappa shape index (κ1) is 18.0. The van der Waals surface area contributed by atoms with Crippen molar-refractivity contribution in [1.82, 2.24) is 4.90 Å². The van der Waals surface area contributed by atoms with E-state index in [4.69, 9.17) is 4.74 Å². The molecule has 0 saturated carbocycles. The fraction of sp³-hybridized carbons (Fsp3) is 0.400. The summed E-state index contributed by atoms with van der Waals surface area (Å²) in [4.78, 5) is 27.1. The Bertz CT molecular complexity index is 889. The van der Waals surface area contributed by atoms with Gasteiger partial charge in [-0.05, 0) is 17.9 Å². The van der Waals surface area contributed by atoms with Gasteiger partial charge in [0.15, 0.2) is 5.71 Å². The third-order valence-corrected chi connectivity index (χ3v) is 6.20. The largest absolute Gasteiger partial charge is 0.467 e. The van der Waals surface area contributed by atoms with Gasteiger partial charge in [-0.2, -0.15) is 5.10 Å². The number of amides is 1. The lowest BCUT2D eigenvalue weighted by Gasteiger charge is -2.35. The quantitative estimate of drug-likeness (QED) is 0.750. The van der Waals surface area contributed by atoms with E-state index in [1.54, 1.807) is 16.7 Å². The van der Waals surface area contributed by atoms with Crippen LogP contribution in [0.15, 0.2) is 46.1 Å². The molecule has 7 heteroatoms. The topological polar surface area (TPSA) is 71.3 Å². The van der Waals surface area contributed by atoms with E-state index < -0.39 is 12.0 Å². The highest BCUT2D eigenvalue weighted by Crippen LogP contribution is 2.45. The van der Waals surface area contributed by atoms with Gasteiger partial charge < -0.3 is 9.64 Å². The van der Waals surface area contributed by atoms with E-state index in [0.29, 0.717) is 17.4 Å². The number of rotatable bonds is 4. The van der Waals surface area contributed by atoms with E-state index in [1.165, 1.54) is 7.11 Å². The van der Waals surface area contributed by atoms with Crippen LogP contribution in [0.25, 0.3) is 5.57 Å². The Morgan fingerprint density at radius 1 is 1.30 bits per heavy atom. The summed E-state index contributed by atoms with van der Waals surface area (Å²) in [6.07, 6.45) is 0.754. The van der Waals surface area contributed by atoms with E-state index in [0.717, 1.165) is 28.8 Å². The molecular formula is C20H21N3O3S. The van der Waals surface area contributed by atoms with Gasteiger partial charge in [-0.25, -0.2) is 4.79 Å². The fourth-order valence-corrected chi connectivity index (χ4v) is 5.24. The Kier molecular flexibility index (Phi) is 4.63. The van der Waals surface area contributed by atoms with Gasteiger partial charge in [0, 0.05) is 16.9 Å². The van der Waals surface area contributed by atoms with Crippen LogP contribution in [-0.2, 0) is 14.3 Å². The molecule has 6 nitrogen and oxygen atoms in total. The second kappa shape index (κ2) is 6.96. The Balaban J connectivity index is 1.87. The number of carbonyl (C=O) groups excluding carboxylic acids is 2. The Morgan fingerprint density at radius 3 is 2.70 bits per heavy atom. The summed E-state index contributed by atoms with van der Waals surface area (Å²) in [5.74, 6) is 0.278. The minimum absolute atomic E-state index is 0.238. The van der Waals surface area contributed by atoms with Crippen molar-refractivity contribution in [2.45, 2.75) is 31.7 Å². The minimum Gasteiger partial charge on any atom is -0.467 e. The molecule has 1 saturated heterocycles. The molecule has 1 fully saturated rings. The van der Waals surface area contributed by atoms with E-state index in [9.17, 15) is 9.59 Å². The number of nitrogens with zero attached hydrogens (tertiary/aromatic N) is 3. The van der Waals surface area contributed by atoms with Crippen molar-refractivity contribution in [2.24, 2.45) is 16.1 Å². The second-order valence-corrected chi connectivity index (χ2v) is 8.30. The monoisotopic (exact) mass is 383 g/mol. The van der Waals surface area contributed by atoms with Gasteiger partial charge >= 0.3 is 5.97 Å². The van der Waals surface area contributed by atoms with Crippen molar-refractivity contribution in [3.05, 3.63) is 41.5 Å². The van der Waals surface area contributed by atoms with Crippen molar-refractivity contribution in [2.75, 3.05) is 12.9 Å².